The minimum absolute atomic E-state index is 0.0220. The Morgan fingerprint density at radius 3 is 2.81 bits per heavy atom. The molecule has 0 bridgehead atoms. The lowest BCUT2D eigenvalue weighted by molar-refractivity contribution is 0.0958. The van der Waals surface area contributed by atoms with Crippen LogP contribution in [0, 0.1) is 13.8 Å². The van der Waals surface area contributed by atoms with E-state index in [1.54, 1.807) is 0 Å². The normalized spacial score (nSPS) is 11.1. The molecule has 1 N–H and O–H groups in total. The van der Waals surface area contributed by atoms with Crippen LogP contribution in [-0.2, 0) is 13.0 Å². The third-order valence-corrected chi connectivity index (χ3v) is 6.36. The smallest absolute Gasteiger partial charge is 0.261 e. The summed E-state index contributed by atoms with van der Waals surface area (Å²) in [6, 6.07) is 18.3. The molecule has 0 aliphatic carbocycles. The summed E-state index contributed by atoms with van der Waals surface area (Å²) in [5.41, 5.74) is 4.52. The predicted molar refractivity (Wildman–Crippen MR) is 131 cm³/mol. The zero-order chi connectivity index (χ0) is 22.3. The molecule has 0 unspecified atom stereocenters. The maximum absolute atomic E-state index is 12.2. The first-order valence-corrected chi connectivity index (χ1v) is 12.0. The second kappa shape index (κ2) is 10.5. The summed E-state index contributed by atoms with van der Waals surface area (Å²) in [5.74, 6) is 1.96. The van der Waals surface area contributed by atoms with Gasteiger partial charge in [0.05, 0.1) is 22.5 Å². The minimum Gasteiger partial charge on any atom is -0.493 e. The fraction of sp³-hybridized carbons (Fsp3) is 0.308. The van der Waals surface area contributed by atoms with Gasteiger partial charge in [0, 0.05) is 19.5 Å². The zero-order valence-corrected chi connectivity index (χ0v) is 19.5. The molecule has 0 fully saturated rings. The number of hydrogen-bond donors (Lipinski definition) is 1. The number of rotatable bonds is 10. The molecule has 2 aromatic heterocycles. The molecule has 0 spiro atoms. The summed E-state index contributed by atoms with van der Waals surface area (Å²) in [5, 5.41) is 4.92. The number of imidazole rings is 1. The molecule has 0 saturated heterocycles. The Labute approximate surface area is 193 Å². The van der Waals surface area contributed by atoms with Crippen molar-refractivity contribution < 1.29 is 9.53 Å². The third-order valence-electron chi connectivity index (χ3n) is 5.49. The van der Waals surface area contributed by atoms with Gasteiger partial charge >= 0.3 is 0 Å². The van der Waals surface area contributed by atoms with Crippen molar-refractivity contribution in [2.75, 3.05) is 13.2 Å². The number of amides is 1. The molecule has 2 aromatic carbocycles. The molecule has 0 aliphatic heterocycles. The largest absolute Gasteiger partial charge is 0.493 e. The second-order valence-corrected chi connectivity index (χ2v) is 8.92. The maximum Gasteiger partial charge on any atom is 0.261 e. The lowest BCUT2D eigenvalue weighted by Crippen LogP contribution is -2.25. The van der Waals surface area contributed by atoms with E-state index in [1.165, 1.54) is 22.5 Å². The van der Waals surface area contributed by atoms with Crippen LogP contribution in [0.4, 0.5) is 0 Å². The van der Waals surface area contributed by atoms with Gasteiger partial charge in [-0.3, -0.25) is 4.79 Å². The highest BCUT2D eigenvalue weighted by Crippen LogP contribution is 2.20. The van der Waals surface area contributed by atoms with Gasteiger partial charge in [0.15, 0.2) is 0 Å². The molecule has 0 saturated carbocycles. The number of aromatic nitrogens is 2. The third kappa shape index (κ3) is 5.37. The molecular formula is C26H29N3O2S. The molecule has 5 nitrogen and oxygen atoms in total. The van der Waals surface area contributed by atoms with Crippen LogP contribution in [0.3, 0.4) is 0 Å². The number of para-hydroxylation sites is 2. The van der Waals surface area contributed by atoms with Crippen molar-refractivity contribution in [1.29, 1.82) is 0 Å². The van der Waals surface area contributed by atoms with Crippen LogP contribution in [0.5, 0.6) is 5.75 Å². The Kier molecular flexibility index (Phi) is 7.22. The topological polar surface area (TPSA) is 56.1 Å². The molecule has 6 heteroatoms. The number of unbranched alkanes of at least 4 members (excludes halogenated alkanes) is 1. The standard InChI is InChI=1S/C26H29N3O2S/c1-19-11-12-20(2)23(18-19)31-16-6-5-15-29-22-9-4-3-8-21(22)28-25(29)13-14-27-26(30)24-10-7-17-32-24/h3-4,7-12,17-18H,5-6,13-16H2,1-2H3,(H,27,30). The van der Waals surface area contributed by atoms with Crippen LogP contribution < -0.4 is 10.1 Å². The van der Waals surface area contributed by atoms with Crippen molar-refractivity contribution in [3.05, 3.63) is 81.8 Å². The van der Waals surface area contributed by atoms with Crippen molar-refractivity contribution in [1.82, 2.24) is 14.9 Å². The number of nitrogens with zero attached hydrogens (tertiary/aromatic N) is 2. The average molecular weight is 448 g/mol. The number of carbonyl (C=O) groups excluding carboxylic acids is 1. The highest BCUT2D eigenvalue weighted by molar-refractivity contribution is 7.12. The molecular weight excluding hydrogens is 418 g/mol. The van der Waals surface area contributed by atoms with Gasteiger partial charge in [0.25, 0.3) is 5.91 Å². The molecule has 0 radical (unpaired) electrons. The van der Waals surface area contributed by atoms with Crippen LogP contribution in [0.1, 0.15) is 39.5 Å². The van der Waals surface area contributed by atoms with E-state index in [0.717, 1.165) is 46.9 Å². The van der Waals surface area contributed by atoms with Crippen LogP contribution >= 0.6 is 11.3 Å². The quantitative estimate of drug-likeness (QED) is 0.325. The molecule has 4 rings (SSSR count). The van der Waals surface area contributed by atoms with Gasteiger partial charge in [-0.05, 0) is 67.5 Å². The van der Waals surface area contributed by atoms with Gasteiger partial charge in [0.1, 0.15) is 11.6 Å². The Balaban J connectivity index is 1.33. The van der Waals surface area contributed by atoms with Gasteiger partial charge in [-0.25, -0.2) is 4.98 Å². The number of nitrogens with one attached hydrogen (secondary N) is 1. The second-order valence-electron chi connectivity index (χ2n) is 7.98. The summed E-state index contributed by atoms with van der Waals surface area (Å²) in [6.45, 7) is 6.31. The molecule has 166 valence electrons. The highest BCUT2D eigenvalue weighted by Gasteiger charge is 2.12. The van der Waals surface area contributed by atoms with Crippen molar-refractivity contribution in [3.8, 4) is 5.75 Å². The van der Waals surface area contributed by atoms with Crippen molar-refractivity contribution in [3.63, 3.8) is 0 Å². The Morgan fingerprint density at radius 1 is 1.09 bits per heavy atom. The number of carbonyl (C=O) groups is 1. The van der Waals surface area contributed by atoms with E-state index in [2.05, 4.69) is 48.0 Å². The van der Waals surface area contributed by atoms with Gasteiger partial charge < -0.3 is 14.6 Å². The van der Waals surface area contributed by atoms with E-state index in [9.17, 15) is 4.79 Å². The Bertz CT molecular complexity index is 1180. The number of benzene rings is 2. The molecule has 0 aliphatic rings. The number of ether oxygens (including phenoxy) is 1. The van der Waals surface area contributed by atoms with Gasteiger partial charge in [0.2, 0.25) is 0 Å². The summed E-state index contributed by atoms with van der Waals surface area (Å²) in [7, 11) is 0. The molecule has 1 amide bonds. The van der Waals surface area contributed by atoms with E-state index in [4.69, 9.17) is 9.72 Å². The average Bonchev–Trinajstić information content (AvgIpc) is 3.44. The minimum atomic E-state index is -0.0220. The van der Waals surface area contributed by atoms with E-state index in [0.29, 0.717) is 19.6 Å². The lowest BCUT2D eigenvalue weighted by Gasteiger charge is -2.12. The van der Waals surface area contributed by atoms with Gasteiger partial charge in [-0.1, -0.05) is 30.3 Å². The maximum atomic E-state index is 12.2. The van der Waals surface area contributed by atoms with Crippen molar-refractivity contribution >= 4 is 28.3 Å². The number of aryl methyl sites for hydroxylation is 3. The Morgan fingerprint density at radius 2 is 1.97 bits per heavy atom. The fourth-order valence-corrected chi connectivity index (χ4v) is 4.41. The summed E-state index contributed by atoms with van der Waals surface area (Å²) in [6.07, 6.45) is 2.67. The first-order chi connectivity index (χ1) is 15.6. The number of thiophene rings is 1. The van der Waals surface area contributed by atoms with E-state index in [1.807, 2.05) is 35.7 Å². The Hall–Kier alpha value is -3.12. The van der Waals surface area contributed by atoms with Crippen LogP contribution in [0.2, 0.25) is 0 Å². The summed E-state index contributed by atoms with van der Waals surface area (Å²) in [4.78, 5) is 17.8. The zero-order valence-electron chi connectivity index (χ0n) is 18.6. The van der Waals surface area contributed by atoms with E-state index < -0.39 is 0 Å². The van der Waals surface area contributed by atoms with Crippen LogP contribution in [-0.4, -0.2) is 28.6 Å². The summed E-state index contributed by atoms with van der Waals surface area (Å²) < 4.78 is 8.29. The molecule has 2 heterocycles. The van der Waals surface area contributed by atoms with Gasteiger partial charge in [-0.15, -0.1) is 11.3 Å². The lowest BCUT2D eigenvalue weighted by atomic mass is 10.1. The fourth-order valence-electron chi connectivity index (χ4n) is 3.77. The van der Waals surface area contributed by atoms with Crippen molar-refractivity contribution in [2.45, 2.75) is 39.7 Å². The van der Waals surface area contributed by atoms with Crippen LogP contribution in [0.15, 0.2) is 60.0 Å². The van der Waals surface area contributed by atoms with Gasteiger partial charge in [-0.2, -0.15) is 0 Å². The molecule has 32 heavy (non-hydrogen) atoms. The number of hydrogen-bond acceptors (Lipinski definition) is 4. The SMILES string of the molecule is Cc1ccc(C)c(OCCCCn2c(CCNC(=O)c3cccs3)nc3ccccc32)c1. The monoisotopic (exact) mass is 447 g/mol. The highest BCUT2D eigenvalue weighted by atomic mass is 32.1. The predicted octanol–water partition coefficient (Wildman–Crippen LogP) is 5.55. The number of fused-ring (bicyclic) bond motifs is 1. The summed E-state index contributed by atoms with van der Waals surface area (Å²) >= 11 is 1.46. The molecule has 0 atom stereocenters. The first kappa shape index (κ1) is 22.1. The first-order valence-electron chi connectivity index (χ1n) is 11.1. The van der Waals surface area contributed by atoms with E-state index >= 15 is 0 Å². The van der Waals surface area contributed by atoms with Crippen molar-refractivity contribution in [2.24, 2.45) is 0 Å². The van der Waals surface area contributed by atoms with E-state index in [-0.39, 0.29) is 5.91 Å². The molecule has 4 aromatic rings. The van der Waals surface area contributed by atoms with Crippen LogP contribution in [0.25, 0.3) is 11.0 Å².